The number of amides is 2. The van der Waals surface area contributed by atoms with E-state index in [0.717, 1.165) is 31.5 Å². The number of nitrogens with zero attached hydrogens (tertiary/aromatic N) is 5. The fourth-order valence-electron chi connectivity index (χ4n) is 4.95. The quantitative estimate of drug-likeness (QED) is 0.339. The molecule has 2 aliphatic heterocycles. The number of hydrazone groups is 1. The normalized spacial score (nSPS) is 19.5. The molecule has 11 heteroatoms. The molecule has 0 aromatic heterocycles. The number of hydrogen-bond donors (Lipinski definition) is 0. The van der Waals surface area contributed by atoms with E-state index in [1.807, 2.05) is 24.3 Å². The Morgan fingerprint density at radius 1 is 1.10 bits per heavy atom. The van der Waals surface area contributed by atoms with Crippen molar-refractivity contribution in [3.8, 4) is 5.75 Å². The van der Waals surface area contributed by atoms with Crippen LogP contribution in [0.2, 0.25) is 0 Å². The maximum Gasteiger partial charge on any atom is 0.269 e. The van der Waals surface area contributed by atoms with Crippen LogP contribution in [0.3, 0.4) is 0 Å². The third kappa shape index (κ3) is 6.43. The third-order valence-corrected chi connectivity index (χ3v) is 7.43. The van der Waals surface area contributed by atoms with E-state index in [2.05, 4.69) is 4.90 Å². The molecule has 11 nitrogen and oxygen atoms in total. The Kier molecular flexibility index (Phi) is 8.18. The van der Waals surface area contributed by atoms with Crippen LogP contribution in [0, 0.1) is 16.0 Å². The first kappa shape index (κ1) is 26.8. The highest BCUT2D eigenvalue weighted by atomic mass is 16.6. The lowest BCUT2D eigenvalue weighted by Gasteiger charge is -2.31. The molecule has 5 rings (SSSR count). The summed E-state index contributed by atoms with van der Waals surface area (Å²) in [5.74, 6) is 0.466. The highest BCUT2D eigenvalue weighted by Gasteiger charge is 2.38. The fraction of sp³-hybridized carbons (Fsp3) is 0.464. The summed E-state index contributed by atoms with van der Waals surface area (Å²) >= 11 is 0. The summed E-state index contributed by atoms with van der Waals surface area (Å²) in [4.78, 5) is 41.5. The third-order valence-electron chi connectivity index (χ3n) is 7.43. The van der Waals surface area contributed by atoms with E-state index < -0.39 is 4.92 Å². The van der Waals surface area contributed by atoms with E-state index in [0.29, 0.717) is 49.7 Å². The van der Waals surface area contributed by atoms with Gasteiger partial charge in [0.25, 0.3) is 11.6 Å². The monoisotopic (exact) mass is 535 g/mol. The number of methoxy groups -OCH3 is 1. The van der Waals surface area contributed by atoms with Crippen LogP contribution in [-0.4, -0.2) is 90.3 Å². The molecule has 3 aliphatic rings. The Morgan fingerprint density at radius 2 is 1.79 bits per heavy atom. The van der Waals surface area contributed by atoms with Crippen molar-refractivity contribution in [1.29, 1.82) is 0 Å². The van der Waals surface area contributed by atoms with Gasteiger partial charge in [-0.3, -0.25) is 24.6 Å². The smallest absolute Gasteiger partial charge is 0.269 e. The zero-order valence-electron chi connectivity index (χ0n) is 22.0. The molecule has 206 valence electrons. The van der Waals surface area contributed by atoms with E-state index >= 15 is 0 Å². The Hall–Kier alpha value is -3.83. The van der Waals surface area contributed by atoms with Gasteiger partial charge in [-0.1, -0.05) is 12.1 Å². The molecule has 2 amide bonds. The van der Waals surface area contributed by atoms with E-state index in [1.54, 1.807) is 24.1 Å². The van der Waals surface area contributed by atoms with Crippen molar-refractivity contribution in [3.63, 3.8) is 0 Å². The van der Waals surface area contributed by atoms with Crippen LogP contribution in [0.25, 0.3) is 0 Å². The van der Waals surface area contributed by atoms with Gasteiger partial charge in [0.15, 0.2) is 0 Å². The van der Waals surface area contributed by atoms with E-state index in [1.165, 1.54) is 17.1 Å². The molecule has 1 atom stereocenters. The number of hydrogen-bond acceptors (Lipinski definition) is 8. The Labute approximate surface area is 227 Å². The van der Waals surface area contributed by atoms with Crippen LogP contribution < -0.4 is 4.74 Å². The Bertz CT molecular complexity index is 1220. The Balaban J connectivity index is 1.37. The predicted octanol–water partition coefficient (Wildman–Crippen LogP) is 2.85. The van der Waals surface area contributed by atoms with Crippen LogP contribution in [0.15, 0.2) is 53.6 Å². The maximum absolute atomic E-state index is 13.8. The van der Waals surface area contributed by atoms with Gasteiger partial charge in [-0.2, -0.15) is 5.10 Å². The highest BCUT2D eigenvalue weighted by Crippen LogP contribution is 2.35. The molecule has 0 N–H and O–H groups in total. The van der Waals surface area contributed by atoms with Crippen LogP contribution in [0.5, 0.6) is 5.75 Å². The molecule has 0 bridgehead atoms. The lowest BCUT2D eigenvalue weighted by atomic mass is 9.98. The Morgan fingerprint density at radius 3 is 2.41 bits per heavy atom. The minimum absolute atomic E-state index is 0.00220. The van der Waals surface area contributed by atoms with Crippen LogP contribution in [0.4, 0.5) is 5.69 Å². The van der Waals surface area contributed by atoms with E-state index in [-0.39, 0.29) is 36.0 Å². The summed E-state index contributed by atoms with van der Waals surface area (Å²) in [5, 5.41) is 17.3. The van der Waals surface area contributed by atoms with Crippen molar-refractivity contribution in [2.45, 2.75) is 25.3 Å². The molecular formula is C28H33N5O6. The number of carbonyl (C=O) groups is 2. The topological polar surface area (TPSA) is 118 Å². The molecule has 39 heavy (non-hydrogen) atoms. The largest absolute Gasteiger partial charge is 0.497 e. The standard InChI is InChI=1S/C28H33N5O6/c1-38-24-10-6-21(7-11-24)26-18-25(20-4-8-23(9-5-20)33(36)37)29-32(26)27(34)19-31(28(35)22-2-3-22)13-12-30-14-16-39-17-15-30/h4-11,22,26H,2-3,12-19H2,1H3/t26-/m1/s1. The van der Waals surface area contributed by atoms with Crippen LogP contribution in [-0.2, 0) is 14.3 Å². The van der Waals surface area contributed by atoms with Gasteiger partial charge < -0.3 is 14.4 Å². The number of ether oxygens (including phenoxy) is 2. The summed E-state index contributed by atoms with van der Waals surface area (Å²) in [6.45, 7) is 4.08. The lowest BCUT2D eigenvalue weighted by molar-refractivity contribution is -0.384. The van der Waals surface area contributed by atoms with Gasteiger partial charge in [-0.15, -0.1) is 0 Å². The van der Waals surface area contributed by atoms with E-state index in [4.69, 9.17) is 14.6 Å². The van der Waals surface area contributed by atoms with Gasteiger partial charge in [0.2, 0.25) is 5.91 Å². The molecule has 1 saturated heterocycles. The van der Waals surface area contributed by atoms with Crippen molar-refractivity contribution in [3.05, 3.63) is 69.8 Å². The predicted molar refractivity (Wildman–Crippen MR) is 143 cm³/mol. The number of morpholine rings is 1. The first-order valence-electron chi connectivity index (χ1n) is 13.3. The molecule has 2 fully saturated rings. The molecule has 1 aliphatic carbocycles. The van der Waals surface area contributed by atoms with Crippen molar-refractivity contribution in [2.75, 3.05) is 53.0 Å². The first-order valence-corrected chi connectivity index (χ1v) is 13.3. The zero-order valence-corrected chi connectivity index (χ0v) is 22.0. The molecular weight excluding hydrogens is 502 g/mol. The van der Waals surface area contributed by atoms with Gasteiger partial charge in [-0.05, 0) is 48.2 Å². The van der Waals surface area contributed by atoms with Gasteiger partial charge in [0.05, 0.1) is 37.0 Å². The minimum Gasteiger partial charge on any atom is -0.497 e. The first-order chi connectivity index (χ1) is 18.9. The second-order valence-electron chi connectivity index (χ2n) is 10.1. The highest BCUT2D eigenvalue weighted by molar-refractivity contribution is 6.03. The zero-order chi connectivity index (χ0) is 27.4. The number of carbonyl (C=O) groups excluding carboxylic acids is 2. The summed E-state index contributed by atoms with van der Waals surface area (Å²) in [7, 11) is 1.60. The van der Waals surface area contributed by atoms with Gasteiger partial charge in [0, 0.05) is 50.7 Å². The molecule has 0 radical (unpaired) electrons. The number of nitro groups is 1. The average Bonchev–Trinajstić information content (AvgIpc) is 3.73. The van der Waals surface area contributed by atoms with Crippen molar-refractivity contribution in [2.24, 2.45) is 11.0 Å². The summed E-state index contributed by atoms with van der Waals surface area (Å²) in [6, 6.07) is 13.3. The molecule has 2 aromatic rings. The maximum atomic E-state index is 13.8. The minimum atomic E-state index is -0.446. The molecule has 0 spiro atoms. The molecule has 2 aromatic carbocycles. The van der Waals surface area contributed by atoms with Crippen LogP contribution >= 0.6 is 0 Å². The van der Waals surface area contributed by atoms with Gasteiger partial charge in [0.1, 0.15) is 12.3 Å². The number of non-ortho nitro benzene ring substituents is 1. The van der Waals surface area contributed by atoms with Gasteiger partial charge in [-0.25, -0.2) is 5.01 Å². The van der Waals surface area contributed by atoms with Crippen molar-refractivity contribution < 1.29 is 24.0 Å². The lowest BCUT2D eigenvalue weighted by Crippen LogP contribution is -2.47. The molecule has 1 saturated carbocycles. The fourth-order valence-corrected chi connectivity index (χ4v) is 4.95. The second kappa shape index (κ2) is 11.9. The van der Waals surface area contributed by atoms with Crippen molar-refractivity contribution >= 4 is 23.2 Å². The number of benzene rings is 2. The van der Waals surface area contributed by atoms with Crippen LogP contribution in [0.1, 0.15) is 36.4 Å². The summed E-state index contributed by atoms with van der Waals surface area (Å²) in [6.07, 6.45) is 2.17. The molecule has 2 heterocycles. The SMILES string of the molecule is COc1ccc([C@H]2CC(c3ccc([N+](=O)[O-])cc3)=NN2C(=O)CN(CCN2CCOCC2)C(=O)C2CC2)cc1. The number of nitro benzene ring substituents is 1. The summed E-state index contributed by atoms with van der Waals surface area (Å²) < 4.78 is 10.7. The average molecular weight is 536 g/mol. The van der Waals surface area contributed by atoms with Crippen molar-refractivity contribution in [1.82, 2.24) is 14.8 Å². The second-order valence-corrected chi connectivity index (χ2v) is 10.1. The number of rotatable bonds is 10. The van der Waals surface area contributed by atoms with Gasteiger partial charge >= 0.3 is 0 Å². The van der Waals surface area contributed by atoms with E-state index in [9.17, 15) is 19.7 Å². The molecule has 0 unspecified atom stereocenters. The summed E-state index contributed by atoms with van der Waals surface area (Å²) in [5.41, 5.74) is 2.25.